The first-order valence-electron chi connectivity index (χ1n) is 9.42. The van der Waals surface area contributed by atoms with Crippen LogP contribution in [0.1, 0.15) is 53.5 Å². The number of nitrogens with zero attached hydrogens (tertiary/aromatic N) is 2. The SMILES string of the molecule is Cc1nn(Cc2ccccc2)c2sc(C(=O)NC3CCCC(C)C3)cc12. The third kappa shape index (κ3) is 3.54. The van der Waals surface area contributed by atoms with E-state index >= 15 is 0 Å². The van der Waals surface area contributed by atoms with Crippen molar-refractivity contribution in [3.63, 3.8) is 0 Å². The highest BCUT2D eigenvalue weighted by Gasteiger charge is 2.23. The van der Waals surface area contributed by atoms with Crippen molar-refractivity contribution in [2.75, 3.05) is 0 Å². The van der Waals surface area contributed by atoms with Gasteiger partial charge in [-0.05, 0) is 37.3 Å². The van der Waals surface area contributed by atoms with E-state index in [0.29, 0.717) is 12.0 Å². The van der Waals surface area contributed by atoms with E-state index in [1.54, 1.807) is 11.3 Å². The summed E-state index contributed by atoms with van der Waals surface area (Å²) in [6.07, 6.45) is 4.69. The van der Waals surface area contributed by atoms with Crippen LogP contribution < -0.4 is 5.32 Å². The van der Waals surface area contributed by atoms with Crippen molar-refractivity contribution in [1.82, 2.24) is 15.1 Å². The summed E-state index contributed by atoms with van der Waals surface area (Å²) in [5, 5.41) is 9.00. The number of hydrogen-bond donors (Lipinski definition) is 1. The lowest BCUT2D eigenvalue weighted by atomic mass is 9.87. The molecule has 1 aliphatic rings. The van der Waals surface area contributed by atoms with Gasteiger partial charge < -0.3 is 5.32 Å². The van der Waals surface area contributed by atoms with Gasteiger partial charge in [-0.3, -0.25) is 9.48 Å². The fourth-order valence-corrected chi connectivity index (χ4v) is 4.97. The summed E-state index contributed by atoms with van der Waals surface area (Å²) in [6.45, 7) is 5.02. The smallest absolute Gasteiger partial charge is 0.261 e. The van der Waals surface area contributed by atoms with Crippen molar-refractivity contribution in [1.29, 1.82) is 0 Å². The number of benzene rings is 1. The maximum Gasteiger partial charge on any atom is 0.261 e. The molecule has 2 heterocycles. The lowest BCUT2D eigenvalue weighted by Gasteiger charge is -2.27. The second-order valence-electron chi connectivity index (χ2n) is 7.50. The number of thiophene rings is 1. The number of amides is 1. The molecule has 2 aromatic heterocycles. The zero-order chi connectivity index (χ0) is 18.1. The van der Waals surface area contributed by atoms with Crippen LogP contribution >= 0.6 is 11.3 Å². The van der Waals surface area contributed by atoms with Crippen LogP contribution in [0.4, 0.5) is 0 Å². The molecule has 1 amide bonds. The van der Waals surface area contributed by atoms with Crippen LogP contribution in [0.2, 0.25) is 0 Å². The molecule has 0 aliphatic heterocycles. The Morgan fingerprint density at radius 1 is 1.31 bits per heavy atom. The van der Waals surface area contributed by atoms with E-state index in [1.165, 1.54) is 18.4 Å². The molecule has 5 heteroatoms. The number of aromatic nitrogens is 2. The minimum absolute atomic E-state index is 0.0657. The van der Waals surface area contributed by atoms with Gasteiger partial charge in [0.05, 0.1) is 17.1 Å². The fourth-order valence-electron chi connectivity index (χ4n) is 3.91. The predicted octanol–water partition coefficient (Wildman–Crippen LogP) is 4.76. The molecule has 0 saturated heterocycles. The van der Waals surface area contributed by atoms with Gasteiger partial charge in [0, 0.05) is 11.4 Å². The molecule has 1 N–H and O–H groups in total. The number of nitrogens with one attached hydrogen (secondary N) is 1. The van der Waals surface area contributed by atoms with Crippen LogP contribution in [0.15, 0.2) is 36.4 Å². The van der Waals surface area contributed by atoms with E-state index in [9.17, 15) is 4.79 Å². The fraction of sp³-hybridized carbons (Fsp3) is 0.429. The quantitative estimate of drug-likeness (QED) is 0.722. The van der Waals surface area contributed by atoms with Gasteiger partial charge in [0.15, 0.2) is 0 Å². The average molecular weight is 368 g/mol. The van der Waals surface area contributed by atoms with E-state index in [4.69, 9.17) is 0 Å². The van der Waals surface area contributed by atoms with Crippen molar-refractivity contribution in [3.05, 3.63) is 52.5 Å². The summed E-state index contributed by atoms with van der Waals surface area (Å²) in [4.78, 5) is 14.6. The molecule has 4 nitrogen and oxygen atoms in total. The van der Waals surface area contributed by atoms with Crippen LogP contribution in [0, 0.1) is 12.8 Å². The van der Waals surface area contributed by atoms with Crippen LogP contribution in [0.25, 0.3) is 10.2 Å². The van der Waals surface area contributed by atoms with E-state index in [1.807, 2.05) is 35.9 Å². The summed E-state index contributed by atoms with van der Waals surface area (Å²) in [5.41, 5.74) is 2.20. The molecule has 4 rings (SSSR count). The Morgan fingerprint density at radius 3 is 2.88 bits per heavy atom. The third-order valence-corrected chi connectivity index (χ3v) is 6.43. The van der Waals surface area contributed by atoms with Gasteiger partial charge in [0.2, 0.25) is 0 Å². The van der Waals surface area contributed by atoms with Gasteiger partial charge >= 0.3 is 0 Å². The maximum absolute atomic E-state index is 12.7. The Bertz CT molecular complexity index is 912. The van der Waals surface area contributed by atoms with E-state index in [-0.39, 0.29) is 5.91 Å². The van der Waals surface area contributed by atoms with E-state index in [0.717, 1.165) is 40.2 Å². The number of fused-ring (bicyclic) bond motifs is 1. The molecular formula is C21H25N3OS. The van der Waals surface area contributed by atoms with Crippen molar-refractivity contribution in [2.24, 2.45) is 5.92 Å². The van der Waals surface area contributed by atoms with Crippen molar-refractivity contribution in [2.45, 2.75) is 52.1 Å². The van der Waals surface area contributed by atoms with E-state index in [2.05, 4.69) is 29.5 Å². The molecule has 1 aliphatic carbocycles. The number of carbonyl (C=O) groups excluding carboxylic acids is 1. The summed E-state index contributed by atoms with van der Waals surface area (Å²) in [7, 11) is 0. The first kappa shape index (κ1) is 17.3. The molecule has 1 fully saturated rings. The second kappa shape index (κ2) is 7.23. The highest BCUT2D eigenvalue weighted by Crippen LogP contribution is 2.30. The van der Waals surface area contributed by atoms with Crippen molar-refractivity contribution < 1.29 is 4.79 Å². The number of rotatable bonds is 4. The molecule has 26 heavy (non-hydrogen) atoms. The summed E-state index contributed by atoms with van der Waals surface area (Å²) < 4.78 is 2.02. The number of aryl methyl sites for hydroxylation is 1. The lowest BCUT2D eigenvalue weighted by Crippen LogP contribution is -2.37. The van der Waals surface area contributed by atoms with Crippen molar-refractivity contribution >= 4 is 27.5 Å². The summed E-state index contributed by atoms with van der Waals surface area (Å²) in [6, 6.07) is 12.6. The first-order valence-corrected chi connectivity index (χ1v) is 10.2. The molecule has 2 unspecified atom stereocenters. The Morgan fingerprint density at radius 2 is 2.12 bits per heavy atom. The number of hydrogen-bond acceptors (Lipinski definition) is 3. The second-order valence-corrected chi connectivity index (χ2v) is 8.53. The minimum atomic E-state index is 0.0657. The van der Waals surface area contributed by atoms with Gasteiger partial charge in [-0.2, -0.15) is 5.10 Å². The zero-order valence-corrected chi connectivity index (χ0v) is 16.2. The third-order valence-electron chi connectivity index (χ3n) is 5.28. The van der Waals surface area contributed by atoms with Gasteiger partial charge in [0.25, 0.3) is 5.91 Å². The van der Waals surface area contributed by atoms with Crippen LogP contribution in [-0.2, 0) is 6.54 Å². The predicted molar refractivity (Wildman–Crippen MR) is 107 cm³/mol. The minimum Gasteiger partial charge on any atom is -0.349 e. The van der Waals surface area contributed by atoms with Gasteiger partial charge in [-0.15, -0.1) is 11.3 Å². The normalized spacial score (nSPS) is 20.4. The summed E-state index contributed by atoms with van der Waals surface area (Å²) in [5.74, 6) is 0.772. The monoisotopic (exact) mass is 367 g/mol. The van der Waals surface area contributed by atoms with E-state index < -0.39 is 0 Å². The average Bonchev–Trinajstić information content (AvgIpc) is 3.18. The molecule has 136 valence electrons. The standard InChI is InChI=1S/C21H25N3OS/c1-14-7-6-10-17(11-14)22-20(25)19-12-18-15(2)23-24(21(18)26-19)13-16-8-4-3-5-9-16/h3-5,8-9,12,14,17H,6-7,10-11,13H2,1-2H3,(H,22,25). The summed E-state index contributed by atoms with van der Waals surface area (Å²) >= 11 is 1.55. The Hall–Kier alpha value is -2.14. The largest absolute Gasteiger partial charge is 0.349 e. The topological polar surface area (TPSA) is 46.9 Å². The molecule has 0 bridgehead atoms. The van der Waals surface area contributed by atoms with Crippen LogP contribution in [-0.4, -0.2) is 21.7 Å². The Balaban J connectivity index is 1.55. The maximum atomic E-state index is 12.7. The van der Waals surface area contributed by atoms with Gasteiger partial charge in [-0.25, -0.2) is 0 Å². The molecule has 3 aromatic rings. The highest BCUT2D eigenvalue weighted by atomic mass is 32.1. The highest BCUT2D eigenvalue weighted by molar-refractivity contribution is 7.20. The molecule has 1 aromatic carbocycles. The van der Waals surface area contributed by atoms with Crippen LogP contribution in [0.3, 0.4) is 0 Å². The zero-order valence-electron chi connectivity index (χ0n) is 15.4. The Kier molecular flexibility index (Phi) is 4.81. The molecule has 0 spiro atoms. The molecule has 2 atom stereocenters. The van der Waals surface area contributed by atoms with Gasteiger partial charge in [-0.1, -0.05) is 50.1 Å². The molecule has 1 saturated carbocycles. The van der Waals surface area contributed by atoms with Crippen LogP contribution in [0.5, 0.6) is 0 Å². The van der Waals surface area contributed by atoms with Crippen molar-refractivity contribution in [3.8, 4) is 0 Å². The van der Waals surface area contributed by atoms with Gasteiger partial charge in [0.1, 0.15) is 4.83 Å². The molecule has 0 radical (unpaired) electrons. The number of carbonyl (C=O) groups is 1. The molecular weight excluding hydrogens is 342 g/mol. The first-order chi connectivity index (χ1) is 12.6. The lowest BCUT2D eigenvalue weighted by molar-refractivity contribution is 0.0925. The Labute approximate surface area is 158 Å².